The zero-order valence-corrected chi connectivity index (χ0v) is 17.9. The molecule has 32 heavy (non-hydrogen) atoms. The van der Waals surface area contributed by atoms with Crippen LogP contribution in [0.15, 0.2) is 42.5 Å². The molecule has 2 aromatic carbocycles. The van der Waals surface area contributed by atoms with Crippen molar-refractivity contribution in [3.63, 3.8) is 0 Å². The Kier molecular flexibility index (Phi) is 6.22. The molecule has 1 saturated carbocycles. The number of hydrogen-bond acceptors (Lipinski definition) is 3. The fourth-order valence-electron chi connectivity index (χ4n) is 4.46. The molecule has 1 amide bonds. The third kappa shape index (κ3) is 5.08. The SMILES string of the molecule is O=C(NC1CC12CCN(CC(O)c1ccc(C(F)(F)F)cc1)CC2)c1cc(F)cc(Cl)c1. The summed E-state index contributed by atoms with van der Waals surface area (Å²) in [6.45, 7) is 1.77. The Balaban J connectivity index is 1.27. The van der Waals surface area contributed by atoms with Crippen LogP contribution in [-0.4, -0.2) is 41.6 Å². The molecule has 1 heterocycles. The number of likely N-dealkylation sites (tertiary alicyclic amines) is 1. The average molecular weight is 471 g/mol. The predicted molar refractivity (Wildman–Crippen MR) is 112 cm³/mol. The van der Waals surface area contributed by atoms with Gasteiger partial charge in [-0.15, -0.1) is 0 Å². The van der Waals surface area contributed by atoms with Crippen molar-refractivity contribution in [2.45, 2.75) is 37.6 Å². The van der Waals surface area contributed by atoms with Gasteiger partial charge in [0.05, 0.1) is 11.7 Å². The number of β-amino-alcohol motifs (C(OH)–C–C–N with tert-alkyl or cyclic N) is 1. The molecule has 1 aliphatic heterocycles. The number of rotatable bonds is 5. The molecule has 2 atom stereocenters. The average Bonchev–Trinajstić information content (AvgIpc) is 3.39. The molecular formula is C23H23ClF4N2O2. The summed E-state index contributed by atoms with van der Waals surface area (Å²) in [5.74, 6) is -0.915. The van der Waals surface area contributed by atoms with E-state index in [9.17, 15) is 27.5 Å². The standard InChI is InChI=1S/C23H23ClF4N2O2/c24-17-9-15(10-18(25)11-17)21(32)29-20-12-22(20)5-7-30(8-6-22)13-19(31)14-1-3-16(4-2-14)23(26,27)28/h1-4,9-11,19-20,31H,5-8,12-13H2,(H,29,32). The van der Waals surface area contributed by atoms with Crippen LogP contribution in [0, 0.1) is 11.2 Å². The van der Waals surface area contributed by atoms with E-state index in [-0.39, 0.29) is 28.0 Å². The number of carbonyl (C=O) groups excluding carboxylic acids is 1. The summed E-state index contributed by atoms with van der Waals surface area (Å²) in [4.78, 5) is 14.5. The van der Waals surface area contributed by atoms with Gasteiger partial charge in [0.2, 0.25) is 0 Å². The van der Waals surface area contributed by atoms with Crippen LogP contribution in [0.2, 0.25) is 5.02 Å². The quantitative estimate of drug-likeness (QED) is 0.616. The number of hydrogen-bond donors (Lipinski definition) is 2. The number of piperidine rings is 1. The van der Waals surface area contributed by atoms with Crippen molar-refractivity contribution in [1.29, 1.82) is 0 Å². The van der Waals surface area contributed by atoms with Crippen molar-refractivity contribution in [3.05, 3.63) is 70.0 Å². The Morgan fingerprint density at radius 2 is 1.84 bits per heavy atom. The summed E-state index contributed by atoms with van der Waals surface area (Å²) in [5.41, 5.74) is -0.101. The minimum absolute atomic E-state index is 0.00257. The van der Waals surface area contributed by atoms with Crippen molar-refractivity contribution in [2.75, 3.05) is 19.6 Å². The number of nitrogens with zero attached hydrogens (tertiary/aromatic N) is 1. The molecule has 1 saturated heterocycles. The Morgan fingerprint density at radius 3 is 2.44 bits per heavy atom. The van der Waals surface area contributed by atoms with Crippen LogP contribution in [0.1, 0.15) is 46.9 Å². The molecule has 2 aromatic rings. The lowest BCUT2D eigenvalue weighted by Gasteiger charge is -2.34. The molecule has 0 aromatic heterocycles. The van der Waals surface area contributed by atoms with Crippen LogP contribution in [0.4, 0.5) is 17.6 Å². The van der Waals surface area contributed by atoms with Crippen LogP contribution in [-0.2, 0) is 6.18 Å². The van der Waals surface area contributed by atoms with Gasteiger partial charge in [0.15, 0.2) is 0 Å². The smallest absolute Gasteiger partial charge is 0.387 e. The lowest BCUT2D eigenvalue weighted by molar-refractivity contribution is -0.137. The van der Waals surface area contributed by atoms with Crippen LogP contribution < -0.4 is 5.32 Å². The molecular weight excluding hydrogens is 448 g/mol. The normalized spacial score (nSPS) is 21.4. The van der Waals surface area contributed by atoms with E-state index in [1.54, 1.807) is 0 Å². The minimum Gasteiger partial charge on any atom is -0.387 e. The highest BCUT2D eigenvalue weighted by Gasteiger charge is 2.55. The van der Waals surface area contributed by atoms with Crippen LogP contribution >= 0.6 is 11.6 Å². The lowest BCUT2D eigenvalue weighted by atomic mass is 9.92. The Bertz CT molecular complexity index is 968. The van der Waals surface area contributed by atoms with E-state index in [4.69, 9.17) is 11.6 Å². The number of aliphatic hydroxyl groups excluding tert-OH is 1. The minimum atomic E-state index is -4.40. The monoisotopic (exact) mass is 470 g/mol. The molecule has 0 bridgehead atoms. The fourth-order valence-corrected chi connectivity index (χ4v) is 4.68. The van der Waals surface area contributed by atoms with Crippen molar-refractivity contribution in [3.8, 4) is 0 Å². The topological polar surface area (TPSA) is 52.6 Å². The number of nitrogens with one attached hydrogen (secondary N) is 1. The first-order valence-corrected chi connectivity index (χ1v) is 10.8. The molecule has 2 fully saturated rings. The van der Waals surface area contributed by atoms with Gasteiger partial charge in [-0.1, -0.05) is 23.7 Å². The second kappa shape index (κ2) is 8.65. The summed E-state index contributed by atoms with van der Waals surface area (Å²) in [6, 6.07) is 8.32. The maximum atomic E-state index is 13.5. The molecule has 1 spiro atoms. The van der Waals surface area contributed by atoms with Gasteiger partial charge in [-0.05, 0) is 73.7 Å². The van der Waals surface area contributed by atoms with E-state index < -0.39 is 23.7 Å². The number of carbonyl (C=O) groups is 1. The molecule has 9 heteroatoms. The van der Waals surface area contributed by atoms with Crippen molar-refractivity contribution in [2.24, 2.45) is 5.41 Å². The lowest BCUT2D eigenvalue weighted by Crippen LogP contribution is -2.40. The third-order valence-electron chi connectivity index (χ3n) is 6.53. The maximum Gasteiger partial charge on any atom is 0.416 e. The summed E-state index contributed by atoms with van der Waals surface area (Å²) >= 11 is 5.82. The van der Waals surface area contributed by atoms with E-state index in [2.05, 4.69) is 10.2 Å². The predicted octanol–water partition coefficient (Wildman–Crippen LogP) is 4.82. The molecule has 172 valence electrons. The number of halogens is 5. The molecule has 2 unspecified atom stereocenters. The largest absolute Gasteiger partial charge is 0.416 e. The summed E-state index contributed by atoms with van der Waals surface area (Å²) < 4.78 is 51.6. The van der Waals surface area contributed by atoms with Gasteiger partial charge in [0.1, 0.15) is 5.82 Å². The Morgan fingerprint density at radius 1 is 1.19 bits per heavy atom. The number of aliphatic hydroxyl groups is 1. The first-order valence-electron chi connectivity index (χ1n) is 10.4. The van der Waals surface area contributed by atoms with E-state index >= 15 is 0 Å². The summed E-state index contributed by atoms with van der Waals surface area (Å²) in [6.07, 6.45) is -2.76. The van der Waals surface area contributed by atoms with Crippen molar-refractivity contribution >= 4 is 17.5 Å². The second-order valence-corrected chi connectivity index (χ2v) is 9.12. The Labute approximate surface area is 188 Å². The zero-order valence-electron chi connectivity index (χ0n) is 17.1. The highest BCUT2D eigenvalue weighted by Crippen LogP contribution is 2.54. The zero-order chi connectivity index (χ0) is 23.1. The highest BCUT2D eigenvalue weighted by atomic mass is 35.5. The van der Waals surface area contributed by atoms with Crippen LogP contribution in [0.3, 0.4) is 0 Å². The van der Waals surface area contributed by atoms with E-state index in [0.717, 1.165) is 56.6 Å². The van der Waals surface area contributed by atoms with E-state index in [0.29, 0.717) is 12.1 Å². The second-order valence-electron chi connectivity index (χ2n) is 8.69. The van der Waals surface area contributed by atoms with Gasteiger partial charge in [0.25, 0.3) is 5.91 Å². The number of benzene rings is 2. The molecule has 0 radical (unpaired) electrons. The maximum absolute atomic E-state index is 13.5. The molecule has 2 aliphatic rings. The molecule has 4 nitrogen and oxygen atoms in total. The number of amides is 1. The van der Waals surface area contributed by atoms with Gasteiger partial charge in [-0.2, -0.15) is 13.2 Å². The number of alkyl halides is 3. The first kappa shape index (κ1) is 23.0. The van der Waals surface area contributed by atoms with E-state index in [1.165, 1.54) is 18.2 Å². The fraction of sp³-hybridized carbons (Fsp3) is 0.435. The van der Waals surface area contributed by atoms with Crippen molar-refractivity contribution < 1.29 is 27.5 Å². The third-order valence-corrected chi connectivity index (χ3v) is 6.74. The molecule has 2 N–H and O–H groups in total. The van der Waals surface area contributed by atoms with Gasteiger partial charge in [-0.25, -0.2) is 4.39 Å². The van der Waals surface area contributed by atoms with Gasteiger partial charge in [0, 0.05) is 23.2 Å². The van der Waals surface area contributed by atoms with E-state index in [1.807, 2.05) is 0 Å². The van der Waals surface area contributed by atoms with Gasteiger partial charge in [-0.3, -0.25) is 4.79 Å². The van der Waals surface area contributed by atoms with Crippen LogP contribution in [0.5, 0.6) is 0 Å². The van der Waals surface area contributed by atoms with Gasteiger partial charge < -0.3 is 15.3 Å². The molecule has 1 aliphatic carbocycles. The highest BCUT2D eigenvalue weighted by molar-refractivity contribution is 6.31. The Hall–Kier alpha value is -2.16. The van der Waals surface area contributed by atoms with Crippen LogP contribution in [0.25, 0.3) is 0 Å². The molecule has 4 rings (SSSR count). The van der Waals surface area contributed by atoms with Crippen molar-refractivity contribution in [1.82, 2.24) is 10.2 Å². The summed E-state index contributed by atoms with van der Waals surface area (Å²) in [5, 5.41) is 13.6. The first-order chi connectivity index (χ1) is 15.1. The summed E-state index contributed by atoms with van der Waals surface area (Å²) in [7, 11) is 0. The van der Waals surface area contributed by atoms with Gasteiger partial charge >= 0.3 is 6.18 Å².